The van der Waals surface area contributed by atoms with Gasteiger partial charge in [-0.15, -0.1) is 5.10 Å². The Morgan fingerprint density at radius 2 is 2.00 bits per heavy atom. The smallest absolute Gasteiger partial charge is 0.350 e. The first-order valence-electron chi connectivity index (χ1n) is 9.44. The molecule has 2 aromatic heterocycles. The second kappa shape index (κ2) is 6.70. The third-order valence-electron chi connectivity index (χ3n) is 5.30. The SMILES string of the molecule is O=C(Cn1nc2ccccn2c1=O)N1CCCC1c1ccc2c(c1)OCCO2. The summed E-state index contributed by atoms with van der Waals surface area (Å²) in [6.45, 7) is 1.68. The summed E-state index contributed by atoms with van der Waals surface area (Å²) in [5.74, 6) is 1.35. The maximum Gasteiger partial charge on any atom is 0.350 e. The van der Waals surface area contributed by atoms with Crippen molar-refractivity contribution in [3.05, 3.63) is 58.6 Å². The molecule has 3 aromatic rings. The Morgan fingerprint density at radius 3 is 2.86 bits per heavy atom. The first-order chi connectivity index (χ1) is 13.7. The monoisotopic (exact) mass is 380 g/mol. The van der Waals surface area contributed by atoms with Gasteiger partial charge in [0.15, 0.2) is 17.1 Å². The zero-order chi connectivity index (χ0) is 19.1. The molecule has 0 radical (unpaired) electrons. The number of nitrogens with zero attached hydrogens (tertiary/aromatic N) is 4. The van der Waals surface area contributed by atoms with E-state index in [1.54, 1.807) is 18.3 Å². The number of hydrogen-bond donors (Lipinski definition) is 0. The Labute approximate surface area is 160 Å². The van der Waals surface area contributed by atoms with Crippen molar-refractivity contribution in [3.8, 4) is 11.5 Å². The van der Waals surface area contributed by atoms with E-state index < -0.39 is 0 Å². The van der Waals surface area contributed by atoms with Crippen LogP contribution in [0.3, 0.4) is 0 Å². The van der Waals surface area contributed by atoms with Gasteiger partial charge in [0.05, 0.1) is 6.04 Å². The number of carbonyl (C=O) groups excluding carboxylic acids is 1. The van der Waals surface area contributed by atoms with Crippen molar-refractivity contribution in [1.29, 1.82) is 0 Å². The molecule has 0 saturated carbocycles. The topological polar surface area (TPSA) is 78.1 Å². The van der Waals surface area contributed by atoms with Gasteiger partial charge in [0.1, 0.15) is 19.8 Å². The van der Waals surface area contributed by atoms with Crippen LogP contribution < -0.4 is 15.2 Å². The van der Waals surface area contributed by atoms with Gasteiger partial charge in [-0.2, -0.15) is 0 Å². The summed E-state index contributed by atoms with van der Waals surface area (Å²) in [6.07, 6.45) is 3.45. The molecule has 4 heterocycles. The van der Waals surface area contributed by atoms with Crippen LogP contribution in [0, 0.1) is 0 Å². The molecule has 2 aliphatic rings. The number of fused-ring (bicyclic) bond motifs is 2. The van der Waals surface area contributed by atoms with Gasteiger partial charge in [0, 0.05) is 12.7 Å². The highest BCUT2D eigenvalue weighted by Crippen LogP contribution is 2.38. The quantitative estimate of drug-likeness (QED) is 0.690. The van der Waals surface area contributed by atoms with E-state index in [1.165, 1.54) is 9.08 Å². The number of rotatable bonds is 3. The number of carbonyl (C=O) groups is 1. The van der Waals surface area contributed by atoms with Crippen LogP contribution in [0.5, 0.6) is 11.5 Å². The maximum atomic E-state index is 13.0. The number of amides is 1. The van der Waals surface area contributed by atoms with Gasteiger partial charge in [-0.1, -0.05) is 12.1 Å². The molecule has 1 amide bonds. The molecular formula is C20H20N4O4. The van der Waals surface area contributed by atoms with E-state index in [9.17, 15) is 9.59 Å². The van der Waals surface area contributed by atoms with Crippen molar-refractivity contribution in [2.75, 3.05) is 19.8 Å². The fourth-order valence-electron chi connectivity index (χ4n) is 3.97. The normalized spacial score (nSPS) is 18.6. The molecule has 8 heteroatoms. The third kappa shape index (κ3) is 2.81. The highest BCUT2D eigenvalue weighted by molar-refractivity contribution is 5.77. The Morgan fingerprint density at radius 1 is 1.14 bits per heavy atom. The lowest BCUT2D eigenvalue weighted by atomic mass is 10.0. The van der Waals surface area contributed by atoms with E-state index in [0.29, 0.717) is 25.4 Å². The zero-order valence-corrected chi connectivity index (χ0v) is 15.3. The lowest BCUT2D eigenvalue weighted by Crippen LogP contribution is -2.36. The molecule has 0 aliphatic carbocycles. The van der Waals surface area contributed by atoms with Gasteiger partial charge < -0.3 is 14.4 Å². The highest BCUT2D eigenvalue weighted by Gasteiger charge is 2.31. The molecule has 2 aliphatic heterocycles. The number of ether oxygens (including phenoxy) is 2. The minimum atomic E-state index is -0.306. The van der Waals surface area contributed by atoms with Crippen molar-refractivity contribution < 1.29 is 14.3 Å². The molecule has 28 heavy (non-hydrogen) atoms. The number of hydrogen-bond acceptors (Lipinski definition) is 5. The van der Waals surface area contributed by atoms with Crippen LogP contribution in [-0.2, 0) is 11.3 Å². The molecule has 1 aromatic carbocycles. The van der Waals surface area contributed by atoms with Crippen molar-refractivity contribution in [1.82, 2.24) is 19.1 Å². The van der Waals surface area contributed by atoms with Gasteiger partial charge >= 0.3 is 5.69 Å². The van der Waals surface area contributed by atoms with E-state index in [2.05, 4.69) is 5.10 Å². The molecule has 1 unspecified atom stereocenters. The van der Waals surface area contributed by atoms with Crippen LogP contribution in [0.25, 0.3) is 5.65 Å². The molecule has 5 rings (SSSR count). The van der Waals surface area contributed by atoms with E-state index in [1.807, 2.05) is 29.2 Å². The molecular weight excluding hydrogens is 360 g/mol. The molecule has 1 saturated heterocycles. The fourth-order valence-corrected chi connectivity index (χ4v) is 3.97. The molecule has 8 nitrogen and oxygen atoms in total. The van der Waals surface area contributed by atoms with Gasteiger partial charge in [-0.3, -0.25) is 9.20 Å². The van der Waals surface area contributed by atoms with Gasteiger partial charge in [-0.25, -0.2) is 9.48 Å². The maximum absolute atomic E-state index is 13.0. The van der Waals surface area contributed by atoms with Crippen molar-refractivity contribution >= 4 is 11.6 Å². The van der Waals surface area contributed by atoms with E-state index >= 15 is 0 Å². The number of likely N-dealkylation sites (tertiary alicyclic amines) is 1. The number of benzene rings is 1. The summed E-state index contributed by atoms with van der Waals surface area (Å²) in [5, 5.41) is 4.26. The molecule has 0 bridgehead atoms. The number of pyridine rings is 1. The Bertz CT molecular complexity index is 1100. The summed E-state index contributed by atoms with van der Waals surface area (Å²) in [6, 6.07) is 11.1. The van der Waals surface area contributed by atoms with Crippen LogP contribution in [0.4, 0.5) is 0 Å². The molecule has 1 atom stereocenters. The van der Waals surface area contributed by atoms with Crippen molar-refractivity contribution in [2.24, 2.45) is 0 Å². The lowest BCUT2D eigenvalue weighted by Gasteiger charge is -2.26. The molecule has 1 fully saturated rings. The van der Waals surface area contributed by atoms with Gasteiger partial charge in [0.25, 0.3) is 0 Å². The molecule has 0 N–H and O–H groups in total. The minimum absolute atomic E-state index is 0.0314. The first kappa shape index (κ1) is 16.9. The van der Waals surface area contributed by atoms with Crippen LogP contribution in [0.15, 0.2) is 47.4 Å². The second-order valence-electron chi connectivity index (χ2n) is 7.02. The summed E-state index contributed by atoms with van der Waals surface area (Å²) in [7, 11) is 0. The molecule has 144 valence electrons. The fraction of sp³-hybridized carbons (Fsp3) is 0.350. The number of aromatic nitrogens is 3. The van der Waals surface area contributed by atoms with Crippen LogP contribution >= 0.6 is 0 Å². The summed E-state index contributed by atoms with van der Waals surface area (Å²) < 4.78 is 13.9. The van der Waals surface area contributed by atoms with Crippen LogP contribution in [0.1, 0.15) is 24.4 Å². The second-order valence-corrected chi connectivity index (χ2v) is 7.02. The largest absolute Gasteiger partial charge is 0.486 e. The average molecular weight is 380 g/mol. The van der Waals surface area contributed by atoms with Crippen molar-refractivity contribution in [3.63, 3.8) is 0 Å². The van der Waals surface area contributed by atoms with Gasteiger partial charge in [-0.05, 0) is 42.7 Å². The van der Waals surface area contributed by atoms with Crippen LogP contribution in [-0.4, -0.2) is 44.7 Å². The first-order valence-corrected chi connectivity index (χ1v) is 9.44. The highest BCUT2D eigenvalue weighted by atomic mass is 16.6. The van der Waals surface area contributed by atoms with E-state index in [4.69, 9.17) is 9.47 Å². The van der Waals surface area contributed by atoms with Gasteiger partial charge in [0.2, 0.25) is 5.91 Å². The Balaban J connectivity index is 1.39. The Kier molecular flexibility index (Phi) is 4.03. The lowest BCUT2D eigenvalue weighted by molar-refractivity contribution is -0.133. The predicted molar refractivity (Wildman–Crippen MR) is 101 cm³/mol. The summed E-state index contributed by atoms with van der Waals surface area (Å²) >= 11 is 0. The third-order valence-corrected chi connectivity index (χ3v) is 5.30. The predicted octanol–water partition coefficient (Wildman–Crippen LogP) is 1.63. The minimum Gasteiger partial charge on any atom is -0.486 e. The standard InChI is InChI=1S/C20H20N4O4/c25-19(13-24-20(26)23-8-2-1-5-18(23)21-24)22-9-3-4-15(22)14-6-7-16-17(12-14)28-11-10-27-16/h1-2,5-8,12,15H,3-4,9-11,13H2. The van der Waals surface area contributed by atoms with Crippen LogP contribution in [0.2, 0.25) is 0 Å². The molecule has 0 spiro atoms. The Hall–Kier alpha value is -3.29. The summed E-state index contributed by atoms with van der Waals surface area (Å²) in [5.41, 5.74) is 1.25. The zero-order valence-electron chi connectivity index (χ0n) is 15.3. The van der Waals surface area contributed by atoms with E-state index in [0.717, 1.165) is 29.9 Å². The van der Waals surface area contributed by atoms with Crippen molar-refractivity contribution in [2.45, 2.75) is 25.4 Å². The average Bonchev–Trinajstić information content (AvgIpc) is 3.33. The van der Waals surface area contributed by atoms with E-state index in [-0.39, 0.29) is 24.2 Å². The summed E-state index contributed by atoms with van der Waals surface area (Å²) in [4.78, 5) is 27.3.